The summed E-state index contributed by atoms with van der Waals surface area (Å²) in [5.41, 5.74) is -1.13. The molecule has 0 aliphatic carbocycles. The number of sulfonamides is 1. The van der Waals surface area contributed by atoms with Crippen LogP contribution in [0.5, 0.6) is 0 Å². The van der Waals surface area contributed by atoms with Gasteiger partial charge in [0.2, 0.25) is 15.8 Å². The molecule has 0 atom stereocenters. The Kier molecular flexibility index (Phi) is 5.10. The van der Waals surface area contributed by atoms with Crippen LogP contribution in [0, 0.1) is 5.41 Å². The number of halogens is 3. The van der Waals surface area contributed by atoms with Gasteiger partial charge >= 0.3 is 12.3 Å². The molecule has 2 fully saturated rings. The van der Waals surface area contributed by atoms with Crippen LogP contribution in [0.4, 0.5) is 18.0 Å². The number of likely N-dealkylation sites (tertiary alicyclic amines) is 1. The molecule has 0 aromatic carbocycles. The first-order valence-corrected chi connectivity index (χ1v) is 10.5. The van der Waals surface area contributed by atoms with Crippen molar-refractivity contribution in [1.29, 1.82) is 0 Å². The van der Waals surface area contributed by atoms with E-state index in [2.05, 4.69) is 9.97 Å². The summed E-state index contributed by atoms with van der Waals surface area (Å²) in [5.74, 6) is -1.36. The Morgan fingerprint density at radius 2 is 1.79 bits per heavy atom. The van der Waals surface area contributed by atoms with Crippen LogP contribution in [0.25, 0.3) is 0 Å². The van der Waals surface area contributed by atoms with Gasteiger partial charge < -0.3 is 9.64 Å². The van der Waals surface area contributed by atoms with Crippen molar-refractivity contribution in [3.05, 3.63) is 17.7 Å². The molecule has 1 aromatic heterocycles. The minimum atomic E-state index is -4.75. The second-order valence-corrected chi connectivity index (χ2v) is 10.4. The molecule has 0 radical (unpaired) electrons. The van der Waals surface area contributed by atoms with Crippen molar-refractivity contribution >= 4 is 16.1 Å². The average Bonchev–Trinajstić information content (AvgIpc) is 2.48. The van der Waals surface area contributed by atoms with Crippen LogP contribution in [-0.2, 0) is 27.4 Å². The SMILES string of the molecule is CCc1nc(C(F)(F)F)ncc1S(=O)(=O)N1CC2(CN(C(=O)OC(C)(C)C)C2)C1. The molecule has 3 heterocycles. The molecular weight excluding hydrogens is 413 g/mol. The first kappa shape index (κ1) is 21.8. The first-order valence-electron chi connectivity index (χ1n) is 9.08. The molecule has 2 saturated heterocycles. The van der Waals surface area contributed by atoms with Crippen molar-refractivity contribution in [2.24, 2.45) is 5.41 Å². The van der Waals surface area contributed by atoms with Gasteiger partial charge in [-0.05, 0) is 27.2 Å². The molecule has 0 bridgehead atoms. The van der Waals surface area contributed by atoms with Crippen LogP contribution >= 0.6 is 0 Å². The number of hydrogen-bond donors (Lipinski definition) is 0. The molecule has 0 N–H and O–H groups in total. The number of hydrogen-bond acceptors (Lipinski definition) is 6. The zero-order valence-electron chi connectivity index (χ0n) is 16.6. The van der Waals surface area contributed by atoms with E-state index in [9.17, 15) is 26.4 Å². The molecule has 2 aliphatic rings. The fourth-order valence-electron chi connectivity index (χ4n) is 3.44. The second-order valence-electron chi connectivity index (χ2n) is 8.47. The lowest BCUT2D eigenvalue weighted by Crippen LogP contribution is -2.73. The lowest BCUT2D eigenvalue weighted by atomic mass is 9.75. The third kappa shape index (κ3) is 4.18. The highest BCUT2D eigenvalue weighted by molar-refractivity contribution is 7.89. The molecule has 162 valence electrons. The van der Waals surface area contributed by atoms with Crippen LogP contribution in [0.15, 0.2) is 11.1 Å². The molecule has 1 aromatic rings. The summed E-state index contributed by atoms with van der Waals surface area (Å²) in [7, 11) is -4.01. The Morgan fingerprint density at radius 1 is 1.21 bits per heavy atom. The van der Waals surface area contributed by atoms with Gasteiger partial charge in [0.25, 0.3) is 0 Å². The average molecular weight is 436 g/mol. The van der Waals surface area contributed by atoms with E-state index in [1.54, 1.807) is 20.8 Å². The van der Waals surface area contributed by atoms with E-state index in [4.69, 9.17) is 4.74 Å². The number of aryl methyl sites for hydroxylation is 1. The zero-order chi connectivity index (χ0) is 21.8. The summed E-state index contributed by atoms with van der Waals surface area (Å²) in [4.78, 5) is 19.8. The van der Waals surface area contributed by atoms with Gasteiger partial charge in [-0.15, -0.1) is 0 Å². The van der Waals surface area contributed by atoms with Crippen molar-refractivity contribution in [2.75, 3.05) is 26.2 Å². The fraction of sp³-hybridized carbons (Fsp3) is 0.706. The van der Waals surface area contributed by atoms with Gasteiger partial charge in [0.05, 0.1) is 11.9 Å². The van der Waals surface area contributed by atoms with Crippen molar-refractivity contribution in [2.45, 2.75) is 50.8 Å². The molecule has 0 saturated carbocycles. The molecule has 1 amide bonds. The maximum atomic E-state index is 12.8. The summed E-state index contributed by atoms with van der Waals surface area (Å²) in [6.45, 7) is 7.91. The predicted octanol–water partition coefficient (Wildman–Crippen LogP) is 2.30. The minimum absolute atomic E-state index is 0.0194. The van der Waals surface area contributed by atoms with Gasteiger partial charge in [-0.25, -0.2) is 23.2 Å². The predicted molar refractivity (Wildman–Crippen MR) is 95.4 cm³/mol. The third-order valence-corrected chi connectivity index (χ3v) is 6.60. The zero-order valence-corrected chi connectivity index (χ0v) is 17.4. The Hall–Kier alpha value is -1.95. The molecule has 1 spiro atoms. The molecule has 12 heteroatoms. The van der Waals surface area contributed by atoms with Crippen LogP contribution in [0.1, 0.15) is 39.2 Å². The summed E-state index contributed by atoms with van der Waals surface area (Å²) in [6.07, 6.45) is -4.45. The Labute approximate surface area is 167 Å². The van der Waals surface area contributed by atoms with Crippen LogP contribution in [0.3, 0.4) is 0 Å². The largest absolute Gasteiger partial charge is 0.451 e. The van der Waals surface area contributed by atoms with E-state index < -0.39 is 33.7 Å². The number of alkyl halides is 3. The van der Waals surface area contributed by atoms with Gasteiger partial charge in [0.15, 0.2) is 0 Å². The fourth-order valence-corrected chi connectivity index (χ4v) is 5.28. The molecule has 2 aliphatic heterocycles. The maximum absolute atomic E-state index is 12.8. The summed E-state index contributed by atoms with van der Waals surface area (Å²) in [6, 6.07) is 0. The number of aromatic nitrogens is 2. The highest BCUT2D eigenvalue weighted by atomic mass is 32.2. The highest BCUT2D eigenvalue weighted by Gasteiger charge is 2.57. The van der Waals surface area contributed by atoms with Crippen LogP contribution < -0.4 is 0 Å². The van der Waals surface area contributed by atoms with E-state index in [1.165, 1.54) is 16.1 Å². The molecule has 3 rings (SSSR count). The van der Waals surface area contributed by atoms with Crippen LogP contribution in [-0.4, -0.2) is 65.5 Å². The quantitative estimate of drug-likeness (QED) is 0.722. The third-order valence-electron chi connectivity index (χ3n) is 4.76. The molecule has 0 unspecified atom stereocenters. The van der Waals surface area contributed by atoms with E-state index in [0.29, 0.717) is 13.1 Å². The Bertz CT molecular complexity index is 914. The van der Waals surface area contributed by atoms with E-state index in [-0.39, 0.29) is 35.5 Å². The van der Waals surface area contributed by atoms with Crippen molar-refractivity contribution in [3.63, 3.8) is 0 Å². The van der Waals surface area contributed by atoms with Crippen molar-refractivity contribution in [1.82, 2.24) is 19.2 Å². The minimum Gasteiger partial charge on any atom is -0.444 e. The van der Waals surface area contributed by atoms with Crippen molar-refractivity contribution in [3.8, 4) is 0 Å². The summed E-state index contributed by atoms with van der Waals surface area (Å²) < 4.78 is 70.6. The smallest absolute Gasteiger partial charge is 0.444 e. The summed E-state index contributed by atoms with van der Waals surface area (Å²) >= 11 is 0. The molecular formula is C17H23F3N4O4S. The lowest BCUT2D eigenvalue weighted by Gasteiger charge is -2.58. The summed E-state index contributed by atoms with van der Waals surface area (Å²) in [5, 5.41) is 0. The number of nitrogens with zero attached hydrogens (tertiary/aromatic N) is 4. The number of rotatable bonds is 3. The number of carbonyl (C=O) groups excluding carboxylic acids is 1. The van der Waals surface area contributed by atoms with E-state index in [0.717, 1.165) is 6.20 Å². The van der Waals surface area contributed by atoms with Gasteiger partial charge in [-0.2, -0.15) is 17.5 Å². The molecule has 29 heavy (non-hydrogen) atoms. The van der Waals surface area contributed by atoms with E-state index in [1.807, 2.05) is 0 Å². The van der Waals surface area contributed by atoms with Crippen molar-refractivity contribution < 1.29 is 31.1 Å². The van der Waals surface area contributed by atoms with Crippen LogP contribution in [0.2, 0.25) is 0 Å². The van der Waals surface area contributed by atoms with Gasteiger partial charge in [0.1, 0.15) is 10.5 Å². The topological polar surface area (TPSA) is 92.7 Å². The number of amides is 1. The van der Waals surface area contributed by atoms with Gasteiger partial charge in [0, 0.05) is 31.6 Å². The van der Waals surface area contributed by atoms with E-state index >= 15 is 0 Å². The molecule has 8 nitrogen and oxygen atoms in total. The highest BCUT2D eigenvalue weighted by Crippen LogP contribution is 2.43. The number of carbonyl (C=O) groups is 1. The number of ether oxygens (including phenoxy) is 1. The Balaban J connectivity index is 1.68. The lowest BCUT2D eigenvalue weighted by molar-refractivity contribution is -0.145. The first-order chi connectivity index (χ1) is 13.2. The van der Waals surface area contributed by atoms with Gasteiger partial charge in [-0.3, -0.25) is 0 Å². The normalized spacial score (nSPS) is 19.6. The standard InChI is InChI=1S/C17H23F3N4O4S/c1-5-11-12(6-21-13(22-11)17(18,19)20)29(26,27)24-9-16(10-24)7-23(8-16)14(25)28-15(2,3)4/h6H,5,7-10H2,1-4H3. The maximum Gasteiger partial charge on any atom is 0.451 e. The van der Waals surface area contributed by atoms with Gasteiger partial charge in [-0.1, -0.05) is 6.92 Å². The Morgan fingerprint density at radius 3 is 2.28 bits per heavy atom. The monoisotopic (exact) mass is 436 g/mol. The second kappa shape index (κ2) is 6.79.